The van der Waals surface area contributed by atoms with Crippen LogP contribution in [-0.4, -0.2) is 34.6 Å². The first-order chi connectivity index (χ1) is 15.4. The highest BCUT2D eigenvalue weighted by molar-refractivity contribution is 6.23. The van der Waals surface area contributed by atoms with Crippen LogP contribution in [0.3, 0.4) is 0 Å². The van der Waals surface area contributed by atoms with Crippen molar-refractivity contribution in [1.82, 2.24) is 4.90 Å². The van der Waals surface area contributed by atoms with Crippen molar-refractivity contribution in [2.24, 2.45) is 5.41 Å². The van der Waals surface area contributed by atoms with E-state index in [1.165, 1.54) is 24.0 Å². The summed E-state index contributed by atoms with van der Waals surface area (Å²) in [5.41, 5.74) is 1.26. The van der Waals surface area contributed by atoms with Gasteiger partial charge in [0.2, 0.25) is 17.7 Å². The lowest BCUT2D eigenvalue weighted by atomic mass is 9.91. The average Bonchev–Trinajstić information content (AvgIpc) is 3.00. The van der Waals surface area contributed by atoms with Gasteiger partial charge in [-0.15, -0.1) is 0 Å². The molecule has 3 rings (SSSR count). The van der Waals surface area contributed by atoms with Crippen molar-refractivity contribution in [3.8, 4) is 0 Å². The predicted molar refractivity (Wildman–Crippen MR) is 123 cm³/mol. The number of benzene rings is 2. The van der Waals surface area contributed by atoms with Crippen LogP contribution in [0.2, 0.25) is 0 Å². The fourth-order valence-corrected chi connectivity index (χ4v) is 3.74. The molecule has 7 nitrogen and oxygen atoms in total. The Morgan fingerprint density at radius 1 is 1.06 bits per heavy atom. The molecule has 1 N–H and O–H groups in total. The van der Waals surface area contributed by atoms with E-state index < -0.39 is 23.7 Å². The van der Waals surface area contributed by atoms with Crippen molar-refractivity contribution in [2.45, 2.75) is 53.1 Å². The van der Waals surface area contributed by atoms with Crippen LogP contribution in [-0.2, 0) is 25.7 Å². The molecule has 1 heterocycles. The Bertz CT molecular complexity index is 1060. The summed E-state index contributed by atoms with van der Waals surface area (Å²) in [4.78, 5) is 53.0. The Morgan fingerprint density at radius 3 is 2.21 bits per heavy atom. The normalized spacial score (nSPS) is 16.2. The van der Waals surface area contributed by atoms with Gasteiger partial charge in [-0.1, -0.05) is 32.9 Å². The smallest absolute Gasteiger partial charge is 0.257 e. The predicted octanol–water partition coefficient (Wildman–Crippen LogP) is 3.88. The average molecular weight is 454 g/mol. The maximum absolute atomic E-state index is 13.3. The van der Waals surface area contributed by atoms with Gasteiger partial charge >= 0.3 is 0 Å². The molecule has 0 bridgehead atoms. The lowest BCUT2D eigenvalue weighted by Gasteiger charge is -2.30. The molecule has 0 radical (unpaired) electrons. The number of nitrogens with zero attached hydrogens (tertiary/aromatic N) is 2. The van der Waals surface area contributed by atoms with Gasteiger partial charge in [0.1, 0.15) is 11.9 Å². The van der Waals surface area contributed by atoms with Crippen molar-refractivity contribution in [2.75, 3.05) is 10.2 Å². The molecule has 0 aromatic heterocycles. The number of hydrogen-bond donors (Lipinski definition) is 1. The van der Waals surface area contributed by atoms with Gasteiger partial charge in [0.15, 0.2) is 0 Å². The molecule has 8 heteroatoms. The van der Waals surface area contributed by atoms with E-state index in [1.54, 1.807) is 36.4 Å². The van der Waals surface area contributed by atoms with Crippen LogP contribution in [0.5, 0.6) is 0 Å². The molecule has 1 fully saturated rings. The molecule has 2 aromatic rings. The summed E-state index contributed by atoms with van der Waals surface area (Å²) in [5.74, 6) is -1.78. The second-order valence-corrected chi connectivity index (χ2v) is 9.40. The Balaban J connectivity index is 1.87. The SMILES string of the molecule is CC(=O)Nc1ccc(N2C(=O)CC(N(Cc3ccc(F)cc3)C(=O)CC(C)(C)C)C2=O)cc1. The van der Waals surface area contributed by atoms with Crippen molar-refractivity contribution in [3.63, 3.8) is 0 Å². The van der Waals surface area contributed by atoms with Crippen LogP contribution in [0, 0.1) is 11.2 Å². The van der Waals surface area contributed by atoms with E-state index in [9.17, 15) is 23.6 Å². The summed E-state index contributed by atoms with van der Waals surface area (Å²) >= 11 is 0. The molecular formula is C25H28FN3O4. The monoisotopic (exact) mass is 453 g/mol. The summed E-state index contributed by atoms with van der Waals surface area (Å²) in [6.07, 6.45) is 0.0565. The largest absolute Gasteiger partial charge is 0.326 e. The fraction of sp³-hybridized carbons (Fsp3) is 0.360. The highest BCUT2D eigenvalue weighted by atomic mass is 19.1. The Kier molecular flexibility index (Phi) is 6.95. The number of nitrogens with one attached hydrogen (secondary N) is 1. The van der Waals surface area contributed by atoms with E-state index in [4.69, 9.17) is 0 Å². The van der Waals surface area contributed by atoms with Crippen LogP contribution in [0.25, 0.3) is 0 Å². The number of hydrogen-bond acceptors (Lipinski definition) is 4. The number of carbonyl (C=O) groups is 4. The topological polar surface area (TPSA) is 86.8 Å². The Labute approximate surface area is 192 Å². The third kappa shape index (κ3) is 6.03. The molecule has 0 saturated carbocycles. The molecule has 2 aromatic carbocycles. The van der Waals surface area contributed by atoms with Crippen molar-refractivity contribution in [3.05, 3.63) is 59.9 Å². The van der Waals surface area contributed by atoms with Gasteiger partial charge in [-0.2, -0.15) is 0 Å². The first-order valence-corrected chi connectivity index (χ1v) is 10.7. The fourth-order valence-electron chi connectivity index (χ4n) is 3.74. The summed E-state index contributed by atoms with van der Waals surface area (Å²) in [5, 5.41) is 2.63. The third-order valence-corrected chi connectivity index (χ3v) is 5.21. The quantitative estimate of drug-likeness (QED) is 0.673. The van der Waals surface area contributed by atoms with Gasteiger partial charge < -0.3 is 10.2 Å². The minimum absolute atomic E-state index is 0.0915. The maximum atomic E-state index is 13.3. The summed E-state index contributed by atoms with van der Waals surface area (Å²) in [6.45, 7) is 7.24. The van der Waals surface area contributed by atoms with E-state index in [2.05, 4.69) is 5.32 Å². The van der Waals surface area contributed by atoms with E-state index >= 15 is 0 Å². The van der Waals surface area contributed by atoms with E-state index in [0.29, 0.717) is 16.9 Å². The second-order valence-electron chi connectivity index (χ2n) is 9.40. The van der Waals surface area contributed by atoms with Crippen LogP contribution < -0.4 is 10.2 Å². The second kappa shape index (κ2) is 9.52. The number of rotatable bonds is 6. The number of anilines is 2. The lowest BCUT2D eigenvalue weighted by molar-refractivity contribution is -0.140. The molecule has 1 aliphatic heterocycles. The van der Waals surface area contributed by atoms with Crippen molar-refractivity contribution >= 4 is 35.0 Å². The molecule has 1 unspecified atom stereocenters. The zero-order chi connectivity index (χ0) is 24.3. The molecule has 0 spiro atoms. The zero-order valence-electron chi connectivity index (χ0n) is 19.2. The van der Waals surface area contributed by atoms with Gasteiger partial charge in [0, 0.05) is 25.6 Å². The van der Waals surface area contributed by atoms with E-state index in [1.807, 2.05) is 20.8 Å². The van der Waals surface area contributed by atoms with E-state index in [0.717, 1.165) is 4.90 Å². The Morgan fingerprint density at radius 2 is 1.67 bits per heavy atom. The van der Waals surface area contributed by atoms with Gasteiger partial charge in [0.25, 0.3) is 5.91 Å². The number of amides is 4. The molecule has 0 aliphatic carbocycles. The highest BCUT2D eigenvalue weighted by Gasteiger charge is 2.44. The zero-order valence-corrected chi connectivity index (χ0v) is 19.2. The van der Waals surface area contributed by atoms with Crippen LogP contribution in [0.15, 0.2) is 48.5 Å². The van der Waals surface area contributed by atoms with Crippen molar-refractivity contribution in [1.29, 1.82) is 0 Å². The minimum atomic E-state index is -0.951. The summed E-state index contributed by atoms with van der Waals surface area (Å²) < 4.78 is 13.3. The Hall–Kier alpha value is -3.55. The molecule has 1 saturated heterocycles. The van der Waals surface area contributed by atoms with E-state index in [-0.39, 0.29) is 36.6 Å². The maximum Gasteiger partial charge on any atom is 0.257 e. The molecule has 33 heavy (non-hydrogen) atoms. The van der Waals surface area contributed by atoms with Gasteiger partial charge in [0.05, 0.1) is 12.1 Å². The molecule has 4 amide bonds. The van der Waals surface area contributed by atoms with Crippen LogP contribution >= 0.6 is 0 Å². The molecular weight excluding hydrogens is 425 g/mol. The molecule has 1 aliphatic rings. The lowest BCUT2D eigenvalue weighted by Crippen LogP contribution is -2.46. The molecule has 174 valence electrons. The first-order valence-electron chi connectivity index (χ1n) is 10.7. The van der Waals surface area contributed by atoms with Crippen LogP contribution in [0.4, 0.5) is 15.8 Å². The number of imide groups is 1. The van der Waals surface area contributed by atoms with Crippen molar-refractivity contribution < 1.29 is 23.6 Å². The van der Waals surface area contributed by atoms with Gasteiger partial charge in [-0.25, -0.2) is 9.29 Å². The van der Waals surface area contributed by atoms with Gasteiger partial charge in [-0.3, -0.25) is 19.2 Å². The number of carbonyl (C=O) groups excluding carboxylic acids is 4. The summed E-state index contributed by atoms with van der Waals surface area (Å²) in [6, 6.07) is 11.1. The third-order valence-electron chi connectivity index (χ3n) is 5.21. The summed E-state index contributed by atoms with van der Waals surface area (Å²) in [7, 11) is 0. The minimum Gasteiger partial charge on any atom is -0.326 e. The van der Waals surface area contributed by atoms with Gasteiger partial charge in [-0.05, 0) is 47.4 Å². The number of halogens is 1. The standard InChI is InChI=1S/C25H28FN3O4/c1-16(30)27-19-9-11-20(12-10-19)29-22(31)13-21(24(29)33)28(23(32)14-25(2,3)4)15-17-5-7-18(26)8-6-17/h5-12,21H,13-15H2,1-4H3,(H,27,30). The van der Waals surface area contributed by atoms with Crippen LogP contribution in [0.1, 0.15) is 46.1 Å². The highest BCUT2D eigenvalue weighted by Crippen LogP contribution is 2.30. The first kappa shape index (κ1) is 24.1. The molecule has 1 atom stereocenters.